The molecule has 0 saturated heterocycles. The van der Waals surface area contributed by atoms with Crippen molar-refractivity contribution in [1.82, 2.24) is 20.2 Å². The third kappa shape index (κ3) is 4.99. The Hall–Kier alpha value is -2.02. The lowest BCUT2D eigenvalue weighted by molar-refractivity contribution is -0.120. The molecule has 0 saturated carbocycles. The Balaban J connectivity index is 1.79. The molecule has 0 unspecified atom stereocenters. The van der Waals surface area contributed by atoms with Crippen molar-refractivity contribution in [2.45, 2.75) is 50.1 Å². The summed E-state index contributed by atoms with van der Waals surface area (Å²) in [6, 6.07) is 10.4. The monoisotopic (exact) mass is 333 g/mol. The Morgan fingerprint density at radius 1 is 1.30 bits per heavy atom. The first-order chi connectivity index (χ1) is 11.0. The Bertz CT molecular complexity index is 643. The standard InChI is InChI=1S/C16H23N5OS/c1-11(9-10-14-7-5-4-6-8-14)18-15(22)12(2)23-16-20-19-13(3)21(16)17/h4-8,11-12H,9-10,17H2,1-3H3,(H,18,22)/t11-,12+/m1/s1. The molecule has 1 aromatic carbocycles. The molecule has 6 nitrogen and oxygen atoms in total. The SMILES string of the molecule is Cc1nnc(S[C@@H](C)C(=O)N[C@H](C)CCc2ccccc2)n1N. The third-order valence-electron chi connectivity index (χ3n) is 3.58. The second-order valence-corrected chi connectivity index (χ2v) is 6.90. The maximum Gasteiger partial charge on any atom is 0.233 e. The second kappa shape index (κ2) is 8.01. The van der Waals surface area contributed by atoms with Crippen LogP contribution in [0.5, 0.6) is 0 Å². The van der Waals surface area contributed by atoms with Crippen LogP contribution in [0, 0.1) is 6.92 Å². The molecule has 3 N–H and O–H groups in total. The maximum atomic E-state index is 12.3. The molecule has 7 heteroatoms. The topological polar surface area (TPSA) is 85.8 Å². The average molecular weight is 333 g/mol. The molecule has 0 aliphatic rings. The number of thioether (sulfide) groups is 1. The molecule has 0 radical (unpaired) electrons. The predicted octanol–water partition coefficient (Wildman–Crippen LogP) is 1.92. The van der Waals surface area contributed by atoms with Gasteiger partial charge in [0.15, 0.2) is 0 Å². The van der Waals surface area contributed by atoms with Crippen molar-refractivity contribution in [3.8, 4) is 0 Å². The molecule has 0 aliphatic heterocycles. The molecule has 1 heterocycles. The van der Waals surface area contributed by atoms with Gasteiger partial charge in [-0.3, -0.25) is 4.79 Å². The smallest absolute Gasteiger partial charge is 0.233 e. The van der Waals surface area contributed by atoms with Crippen molar-refractivity contribution >= 4 is 17.7 Å². The normalized spacial score (nSPS) is 13.5. The van der Waals surface area contributed by atoms with Gasteiger partial charge in [-0.1, -0.05) is 42.1 Å². The lowest BCUT2D eigenvalue weighted by Gasteiger charge is -2.17. The number of aromatic nitrogens is 3. The summed E-state index contributed by atoms with van der Waals surface area (Å²) < 4.78 is 1.40. The van der Waals surface area contributed by atoms with Crippen LogP contribution in [0.25, 0.3) is 0 Å². The Kier molecular flexibility index (Phi) is 6.04. The number of amides is 1. The van der Waals surface area contributed by atoms with Crippen molar-refractivity contribution in [2.24, 2.45) is 0 Å². The molecule has 124 valence electrons. The van der Waals surface area contributed by atoms with Crippen LogP contribution in [0.2, 0.25) is 0 Å². The minimum atomic E-state index is -0.278. The maximum absolute atomic E-state index is 12.3. The summed E-state index contributed by atoms with van der Waals surface area (Å²) in [5.74, 6) is 6.41. The molecule has 0 bridgehead atoms. The van der Waals surface area contributed by atoms with Crippen molar-refractivity contribution in [1.29, 1.82) is 0 Å². The Labute approximate surface area is 140 Å². The molecule has 0 spiro atoms. The fourth-order valence-corrected chi connectivity index (χ4v) is 2.93. The van der Waals surface area contributed by atoms with E-state index < -0.39 is 0 Å². The zero-order valence-corrected chi connectivity index (χ0v) is 14.5. The highest BCUT2D eigenvalue weighted by molar-refractivity contribution is 8.00. The summed E-state index contributed by atoms with van der Waals surface area (Å²) in [6.45, 7) is 5.63. The van der Waals surface area contributed by atoms with Crippen LogP contribution in [-0.4, -0.2) is 32.1 Å². The van der Waals surface area contributed by atoms with Crippen LogP contribution in [-0.2, 0) is 11.2 Å². The van der Waals surface area contributed by atoms with Crippen molar-refractivity contribution in [3.63, 3.8) is 0 Å². The number of nitrogens with one attached hydrogen (secondary N) is 1. The van der Waals surface area contributed by atoms with Crippen LogP contribution in [0.3, 0.4) is 0 Å². The van der Waals surface area contributed by atoms with Gasteiger partial charge in [-0.2, -0.15) is 0 Å². The molecule has 1 aromatic heterocycles. The van der Waals surface area contributed by atoms with Gasteiger partial charge in [0.1, 0.15) is 5.82 Å². The van der Waals surface area contributed by atoms with E-state index in [1.54, 1.807) is 6.92 Å². The van der Waals surface area contributed by atoms with E-state index >= 15 is 0 Å². The number of nitrogen functional groups attached to an aromatic ring is 1. The van der Waals surface area contributed by atoms with Gasteiger partial charge in [0, 0.05) is 6.04 Å². The fourth-order valence-electron chi connectivity index (χ4n) is 2.10. The van der Waals surface area contributed by atoms with Gasteiger partial charge in [-0.15, -0.1) is 10.2 Å². The van der Waals surface area contributed by atoms with Gasteiger partial charge < -0.3 is 11.2 Å². The average Bonchev–Trinajstić information content (AvgIpc) is 2.86. The van der Waals surface area contributed by atoms with Crippen molar-refractivity contribution in [3.05, 3.63) is 41.7 Å². The number of carbonyl (C=O) groups excluding carboxylic acids is 1. The van der Waals surface area contributed by atoms with Gasteiger partial charge in [-0.25, -0.2) is 4.68 Å². The van der Waals surface area contributed by atoms with E-state index in [0.29, 0.717) is 11.0 Å². The number of aryl methyl sites for hydroxylation is 2. The molecule has 0 aliphatic carbocycles. The van der Waals surface area contributed by atoms with E-state index in [1.165, 1.54) is 22.0 Å². The van der Waals surface area contributed by atoms with Crippen LogP contribution < -0.4 is 11.2 Å². The third-order valence-corrected chi connectivity index (χ3v) is 4.64. The highest BCUT2D eigenvalue weighted by Gasteiger charge is 2.19. The quantitative estimate of drug-likeness (QED) is 0.597. The molecular formula is C16H23N5OS. The Morgan fingerprint density at radius 2 is 2.00 bits per heavy atom. The van der Waals surface area contributed by atoms with E-state index in [2.05, 4.69) is 27.6 Å². The van der Waals surface area contributed by atoms with Crippen LogP contribution >= 0.6 is 11.8 Å². The molecule has 2 aromatic rings. The first kappa shape index (κ1) is 17.3. The van der Waals surface area contributed by atoms with E-state index in [4.69, 9.17) is 5.84 Å². The summed E-state index contributed by atoms with van der Waals surface area (Å²) >= 11 is 1.31. The van der Waals surface area contributed by atoms with Gasteiger partial charge in [0.2, 0.25) is 11.1 Å². The Morgan fingerprint density at radius 3 is 2.61 bits per heavy atom. The second-order valence-electron chi connectivity index (χ2n) is 5.59. The largest absolute Gasteiger partial charge is 0.353 e. The van der Waals surface area contributed by atoms with E-state index in [-0.39, 0.29) is 17.2 Å². The van der Waals surface area contributed by atoms with Gasteiger partial charge in [-0.05, 0) is 39.2 Å². The van der Waals surface area contributed by atoms with E-state index in [1.807, 2.05) is 32.0 Å². The van der Waals surface area contributed by atoms with Crippen LogP contribution in [0.4, 0.5) is 0 Å². The predicted molar refractivity (Wildman–Crippen MR) is 92.6 cm³/mol. The molecular weight excluding hydrogens is 310 g/mol. The number of benzene rings is 1. The van der Waals surface area contributed by atoms with Crippen molar-refractivity contribution < 1.29 is 4.79 Å². The number of hydrogen-bond acceptors (Lipinski definition) is 5. The summed E-state index contributed by atoms with van der Waals surface area (Å²) in [7, 11) is 0. The number of hydrogen-bond donors (Lipinski definition) is 2. The highest BCUT2D eigenvalue weighted by Crippen LogP contribution is 2.20. The zero-order chi connectivity index (χ0) is 16.8. The van der Waals surface area contributed by atoms with Gasteiger partial charge >= 0.3 is 0 Å². The first-order valence-electron chi connectivity index (χ1n) is 7.65. The molecule has 0 fully saturated rings. The van der Waals surface area contributed by atoms with Crippen LogP contribution in [0.15, 0.2) is 35.5 Å². The van der Waals surface area contributed by atoms with E-state index in [9.17, 15) is 4.79 Å². The lowest BCUT2D eigenvalue weighted by atomic mass is 10.1. The molecule has 1 amide bonds. The van der Waals surface area contributed by atoms with Gasteiger partial charge in [0.05, 0.1) is 5.25 Å². The first-order valence-corrected chi connectivity index (χ1v) is 8.53. The van der Waals surface area contributed by atoms with Crippen molar-refractivity contribution in [2.75, 3.05) is 5.84 Å². The molecule has 2 rings (SSSR count). The molecule has 2 atom stereocenters. The number of carbonyl (C=O) groups is 1. The minimum Gasteiger partial charge on any atom is -0.353 e. The fraction of sp³-hybridized carbons (Fsp3) is 0.438. The minimum absolute atomic E-state index is 0.0174. The number of rotatable bonds is 7. The lowest BCUT2D eigenvalue weighted by Crippen LogP contribution is -2.38. The zero-order valence-electron chi connectivity index (χ0n) is 13.7. The summed E-state index contributed by atoms with van der Waals surface area (Å²) in [5, 5.41) is 11.2. The number of nitrogens with two attached hydrogens (primary N) is 1. The summed E-state index contributed by atoms with van der Waals surface area (Å²) in [5.41, 5.74) is 1.28. The summed E-state index contributed by atoms with van der Waals surface area (Å²) in [4.78, 5) is 12.3. The highest BCUT2D eigenvalue weighted by atomic mass is 32.2. The van der Waals surface area contributed by atoms with Gasteiger partial charge in [0.25, 0.3) is 0 Å². The number of nitrogens with zero attached hydrogens (tertiary/aromatic N) is 3. The van der Waals surface area contributed by atoms with E-state index in [0.717, 1.165) is 12.8 Å². The van der Waals surface area contributed by atoms with Crippen LogP contribution in [0.1, 0.15) is 31.7 Å². The molecule has 23 heavy (non-hydrogen) atoms. The summed E-state index contributed by atoms with van der Waals surface area (Å²) in [6.07, 6.45) is 1.85.